The Balaban J connectivity index is 2.61. The average molecular weight is 240 g/mol. The molecule has 1 amide bonds. The van der Waals surface area contributed by atoms with E-state index in [1.54, 1.807) is 31.0 Å². The monoisotopic (exact) mass is 240 g/mol. The molecule has 0 bridgehead atoms. The normalized spacial score (nSPS) is 11.5. The summed E-state index contributed by atoms with van der Waals surface area (Å²) in [6, 6.07) is 1.64. The number of carbonyl (C=O) groups is 1. The first-order chi connectivity index (χ1) is 7.81. The summed E-state index contributed by atoms with van der Waals surface area (Å²) in [4.78, 5) is 13.5. The Morgan fingerprint density at radius 1 is 1.65 bits per heavy atom. The Morgan fingerprint density at radius 2 is 2.29 bits per heavy atom. The van der Waals surface area contributed by atoms with E-state index in [0.717, 1.165) is 0 Å². The van der Waals surface area contributed by atoms with Gasteiger partial charge in [-0.15, -0.1) is 0 Å². The number of carbonyl (C=O) groups excluding carboxylic acids is 1. The lowest BCUT2D eigenvalue weighted by atomic mass is 10.1. The highest BCUT2D eigenvalue weighted by molar-refractivity contribution is 5.76. The van der Waals surface area contributed by atoms with Crippen molar-refractivity contribution in [3.63, 3.8) is 0 Å². The molecule has 0 spiro atoms. The van der Waals surface area contributed by atoms with E-state index in [4.69, 9.17) is 5.73 Å². The zero-order valence-electron chi connectivity index (χ0n) is 10.6. The standard InChI is InChI=1S/C11H20N4O2/c1-4-14(8-11(2,3)17)10(16)7-15-6-5-9(12)13-15/h5-6,17H,4,7-8H2,1-3H3,(H2,12,13). The fourth-order valence-electron chi connectivity index (χ4n) is 1.55. The highest BCUT2D eigenvalue weighted by Gasteiger charge is 2.21. The van der Waals surface area contributed by atoms with Crippen molar-refractivity contribution in [3.8, 4) is 0 Å². The molecule has 3 N–H and O–H groups in total. The Bertz CT molecular complexity index is 381. The number of nitrogens with zero attached hydrogens (tertiary/aromatic N) is 3. The van der Waals surface area contributed by atoms with E-state index in [2.05, 4.69) is 5.10 Å². The number of aliphatic hydroxyl groups is 1. The van der Waals surface area contributed by atoms with Gasteiger partial charge in [0.05, 0.1) is 5.60 Å². The topological polar surface area (TPSA) is 84.4 Å². The number of anilines is 1. The van der Waals surface area contributed by atoms with Crippen LogP contribution in [-0.4, -0.2) is 44.4 Å². The van der Waals surface area contributed by atoms with Gasteiger partial charge in [-0.1, -0.05) is 0 Å². The Labute approximate surface area is 101 Å². The summed E-state index contributed by atoms with van der Waals surface area (Å²) in [7, 11) is 0. The minimum Gasteiger partial charge on any atom is -0.389 e. The van der Waals surface area contributed by atoms with Crippen LogP contribution in [0.5, 0.6) is 0 Å². The van der Waals surface area contributed by atoms with E-state index < -0.39 is 5.60 Å². The van der Waals surface area contributed by atoms with Gasteiger partial charge in [-0.2, -0.15) is 5.10 Å². The molecule has 0 unspecified atom stereocenters. The summed E-state index contributed by atoms with van der Waals surface area (Å²) >= 11 is 0. The number of rotatable bonds is 5. The van der Waals surface area contributed by atoms with Crippen molar-refractivity contribution in [3.05, 3.63) is 12.3 Å². The maximum absolute atomic E-state index is 11.9. The molecule has 96 valence electrons. The van der Waals surface area contributed by atoms with Crippen molar-refractivity contribution < 1.29 is 9.90 Å². The van der Waals surface area contributed by atoms with E-state index in [9.17, 15) is 9.90 Å². The number of amides is 1. The van der Waals surface area contributed by atoms with E-state index >= 15 is 0 Å². The van der Waals surface area contributed by atoms with Gasteiger partial charge in [-0.25, -0.2) is 0 Å². The largest absolute Gasteiger partial charge is 0.389 e. The van der Waals surface area contributed by atoms with Crippen LogP contribution in [0.25, 0.3) is 0 Å². The average Bonchev–Trinajstić information content (AvgIpc) is 2.59. The molecule has 6 nitrogen and oxygen atoms in total. The molecule has 0 atom stereocenters. The first-order valence-corrected chi connectivity index (χ1v) is 5.61. The molecule has 0 saturated heterocycles. The van der Waals surface area contributed by atoms with Crippen LogP contribution in [0.1, 0.15) is 20.8 Å². The van der Waals surface area contributed by atoms with E-state index in [0.29, 0.717) is 18.9 Å². The summed E-state index contributed by atoms with van der Waals surface area (Å²) in [5.74, 6) is 0.307. The number of hydrogen-bond donors (Lipinski definition) is 2. The van der Waals surface area contributed by atoms with Gasteiger partial charge in [0.15, 0.2) is 0 Å². The van der Waals surface area contributed by atoms with E-state index in [1.807, 2.05) is 6.92 Å². The van der Waals surface area contributed by atoms with Gasteiger partial charge in [0, 0.05) is 19.3 Å². The van der Waals surface area contributed by atoms with Crippen molar-refractivity contribution in [2.75, 3.05) is 18.8 Å². The molecule has 1 rings (SSSR count). The van der Waals surface area contributed by atoms with Crippen LogP contribution in [0.3, 0.4) is 0 Å². The summed E-state index contributed by atoms with van der Waals surface area (Å²) in [6.45, 7) is 6.23. The zero-order chi connectivity index (χ0) is 13.1. The summed E-state index contributed by atoms with van der Waals surface area (Å²) in [5, 5.41) is 13.7. The van der Waals surface area contributed by atoms with Gasteiger partial charge in [0.2, 0.25) is 5.91 Å². The Morgan fingerprint density at radius 3 is 2.71 bits per heavy atom. The summed E-state index contributed by atoms with van der Waals surface area (Å²) < 4.78 is 1.49. The molecule has 1 aromatic rings. The maximum atomic E-state index is 11.9. The first-order valence-electron chi connectivity index (χ1n) is 5.61. The molecule has 0 aliphatic carbocycles. The van der Waals surface area contributed by atoms with Gasteiger partial charge in [0.1, 0.15) is 12.4 Å². The number of hydrogen-bond acceptors (Lipinski definition) is 4. The van der Waals surface area contributed by atoms with Gasteiger partial charge < -0.3 is 15.7 Å². The second kappa shape index (κ2) is 5.18. The quantitative estimate of drug-likeness (QED) is 0.763. The Hall–Kier alpha value is -1.56. The van der Waals surface area contributed by atoms with Crippen molar-refractivity contribution in [1.82, 2.24) is 14.7 Å². The molecule has 0 aliphatic rings. The lowest BCUT2D eigenvalue weighted by molar-refractivity contribution is -0.134. The van der Waals surface area contributed by atoms with Crippen molar-refractivity contribution in [2.45, 2.75) is 32.9 Å². The lowest BCUT2D eigenvalue weighted by Crippen LogP contribution is -2.43. The van der Waals surface area contributed by atoms with Crippen molar-refractivity contribution >= 4 is 11.7 Å². The van der Waals surface area contributed by atoms with Crippen LogP contribution in [0.15, 0.2) is 12.3 Å². The maximum Gasteiger partial charge on any atom is 0.244 e. The van der Waals surface area contributed by atoms with Gasteiger partial charge in [-0.3, -0.25) is 9.48 Å². The molecular weight excluding hydrogens is 220 g/mol. The second-order valence-corrected chi connectivity index (χ2v) is 4.66. The molecule has 17 heavy (non-hydrogen) atoms. The molecular formula is C11H20N4O2. The zero-order valence-corrected chi connectivity index (χ0v) is 10.6. The number of likely N-dealkylation sites (N-methyl/N-ethyl adjacent to an activating group) is 1. The third-order valence-electron chi connectivity index (χ3n) is 2.27. The third kappa shape index (κ3) is 4.44. The van der Waals surface area contributed by atoms with Crippen LogP contribution in [0.4, 0.5) is 5.82 Å². The molecule has 0 saturated carbocycles. The van der Waals surface area contributed by atoms with Gasteiger partial charge >= 0.3 is 0 Å². The molecule has 0 radical (unpaired) electrons. The molecule has 1 aromatic heterocycles. The molecule has 0 aromatic carbocycles. The van der Waals surface area contributed by atoms with Gasteiger partial charge in [-0.05, 0) is 26.8 Å². The van der Waals surface area contributed by atoms with Crippen molar-refractivity contribution in [2.24, 2.45) is 0 Å². The van der Waals surface area contributed by atoms with Crippen LogP contribution in [0, 0.1) is 0 Å². The minimum atomic E-state index is -0.894. The highest BCUT2D eigenvalue weighted by atomic mass is 16.3. The van der Waals surface area contributed by atoms with Crippen molar-refractivity contribution in [1.29, 1.82) is 0 Å². The van der Waals surface area contributed by atoms with Crippen LogP contribution in [0.2, 0.25) is 0 Å². The number of aromatic nitrogens is 2. The predicted molar refractivity (Wildman–Crippen MR) is 65.2 cm³/mol. The Kier molecular flexibility index (Phi) is 4.11. The number of nitrogen functional groups attached to an aromatic ring is 1. The lowest BCUT2D eigenvalue weighted by Gasteiger charge is -2.28. The van der Waals surface area contributed by atoms with Gasteiger partial charge in [0.25, 0.3) is 0 Å². The molecule has 1 heterocycles. The second-order valence-electron chi connectivity index (χ2n) is 4.66. The molecule has 0 aliphatic heterocycles. The minimum absolute atomic E-state index is 0.0854. The summed E-state index contributed by atoms with van der Waals surface area (Å²) in [5.41, 5.74) is 4.57. The van der Waals surface area contributed by atoms with Crippen LogP contribution >= 0.6 is 0 Å². The summed E-state index contributed by atoms with van der Waals surface area (Å²) in [6.07, 6.45) is 1.66. The fraction of sp³-hybridized carbons (Fsp3) is 0.636. The smallest absolute Gasteiger partial charge is 0.244 e. The molecule has 6 heteroatoms. The first kappa shape index (κ1) is 13.5. The van der Waals surface area contributed by atoms with Crippen LogP contribution in [-0.2, 0) is 11.3 Å². The van der Waals surface area contributed by atoms with E-state index in [1.165, 1.54) is 4.68 Å². The van der Waals surface area contributed by atoms with Crippen LogP contribution < -0.4 is 5.73 Å². The third-order valence-corrected chi connectivity index (χ3v) is 2.27. The predicted octanol–water partition coefficient (Wildman–Crippen LogP) is 0.0847. The number of nitrogens with two attached hydrogens (primary N) is 1. The van der Waals surface area contributed by atoms with E-state index in [-0.39, 0.29) is 12.5 Å². The SMILES string of the molecule is CCN(CC(C)(C)O)C(=O)Cn1ccc(N)n1. The fourth-order valence-corrected chi connectivity index (χ4v) is 1.55. The highest BCUT2D eigenvalue weighted by Crippen LogP contribution is 2.06. The molecule has 0 fully saturated rings.